The van der Waals surface area contributed by atoms with Crippen molar-refractivity contribution < 1.29 is 23.8 Å². The van der Waals surface area contributed by atoms with E-state index in [0.717, 1.165) is 37.6 Å². The molecule has 1 aliphatic carbocycles. The van der Waals surface area contributed by atoms with E-state index in [9.17, 15) is 22.4 Å². The molecule has 0 spiro atoms. The first-order chi connectivity index (χ1) is 13.2. The number of piperidine rings is 1. The van der Waals surface area contributed by atoms with Crippen LogP contribution in [-0.2, 0) is 6.18 Å². The number of hydrogen-bond acceptors (Lipinski definition) is 2. The Morgan fingerprint density at radius 3 is 2.54 bits per heavy atom. The van der Waals surface area contributed by atoms with Gasteiger partial charge in [0, 0.05) is 31.0 Å². The second-order valence-corrected chi connectivity index (χ2v) is 7.61. The van der Waals surface area contributed by atoms with E-state index < -0.39 is 17.6 Å². The summed E-state index contributed by atoms with van der Waals surface area (Å²) >= 11 is 0. The van der Waals surface area contributed by atoms with Crippen LogP contribution in [0.4, 0.5) is 28.0 Å². The number of amides is 2. The number of nitrogens with zero attached hydrogens (tertiary/aromatic N) is 2. The summed E-state index contributed by atoms with van der Waals surface area (Å²) in [5.74, 6) is -0.159. The zero-order valence-corrected chi connectivity index (χ0v) is 15.1. The number of alkyl halides is 3. The highest BCUT2D eigenvalue weighted by molar-refractivity contribution is 5.91. The first-order valence-corrected chi connectivity index (χ1v) is 9.14. The maximum atomic E-state index is 13.5. The third-order valence-corrected chi connectivity index (χ3v) is 5.51. The molecular formula is C20H21F4N3O. The molecular weight excluding hydrogens is 374 g/mol. The lowest BCUT2D eigenvalue weighted by molar-refractivity contribution is -0.137. The van der Waals surface area contributed by atoms with Gasteiger partial charge in [0.2, 0.25) is 0 Å². The van der Waals surface area contributed by atoms with Crippen LogP contribution in [0.15, 0.2) is 36.7 Å². The van der Waals surface area contributed by atoms with Gasteiger partial charge in [0.15, 0.2) is 0 Å². The Hall–Kier alpha value is -2.64. The van der Waals surface area contributed by atoms with Crippen LogP contribution in [0, 0.1) is 11.7 Å². The van der Waals surface area contributed by atoms with E-state index >= 15 is 0 Å². The molecule has 1 aromatic carbocycles. The molecule has 150 valence electrons. The van der Waals surface area contributed by atoms with Crippen molar-refractivity contribution in [2.75, 3.05) is 5.32 Å². The van der Waals surface area contributed by atoms with E-state index in [2.05, 4.69) is 17.2 Å². The predicted molar refractivity (Wildman–Crippen MR) is 98.2 cm³/mol. The summed E-state index contributed by atoms with van der Waals surface area (Å²) in [6.45, 7) is 2.16. The van der Waals surface area contributed by atoms with Crippen molar-refractivity contribution in [1.82, 2.24) is 9.88 Å². The quantitative estimate of drug-likeness (QED) is 0.677. The average molecular weight is 395 g/mol. The number of aromatic nitrogens is 1. The van der Waals surface area contributed by atoms with Crippen molar-refractivity contribution in [1.29, 1.82) is 0 Å². The summed E-state index contributed by atoms with van der Waals surface area (Å²) in [7, 11) is 0. The minimum atomic E-state index is -4.62. The number of pyridine rings is 1. The summed E-state index contributed by atoms with van der Waals surface area (Å²) in [5, 5.41) is 2.70. The molecule has 28 heavy (non-hydrogen) atoms. The summed E-state index contributed by atoms with van der Waals surface area (Å²) < 4.78 is 53.7. The molecule has 2 aromatic rings. The van der Waals surface area contributed by atoms with E-state index in [-0.39, 0.29) is 36.4 Å². The molecule has 5 rings (SSSR count). The highest BCUT2D eigenvalue weighted by atomic mass is 19.4. The number of hydrogen-bond donors (Lipinski definition) is 1. The Morgan fingerprint density at radius 1 is 1.18 bits per heavy atom. The Morgan fingerprint density at radius 2 is 1.89 bits per heavy atom. The highest BCUT2D eigenvalue weighted by Gasteiger charge is 2.46. The second kappa shape index (κ2) is 6.76. The fourth-order valence-electron chi connectivity index (χ4n) is 4.33. The van der Waals surface area contributed by atoms with Crippen LogP contribution in [0.5, 0.6) is 0 Å². The fourth-order valence-corrected chi connectivity index (χ4v) is 4.33. The normalized spacial score (nSPS) is 23.9. The van der Waals surface area contributed by atoms with Gasteiger partial charge < -0.3 is 10.2 Å². The summed E-state index contributed by atoms with van der Waals surface area (Å²) in [4.78, 5) is 18.0. The average Bonchev–Trinajstić information content (AvgIpc) is 2.60. The molecule has 1 aromatic heterocycles. The maximum absolute atomic E-state index is 13.5. The minimum absolute atomic E-state index is 0. The number of carbonyl (C=O) groups excluding carboxylic acids is 1. The van der Waals surface area contributed by atoms with Gasteiger partial charge >= 0.3 is 12.2 Å². The van der Waals surface area contributed by atoms with Crippen LogP contribution in [0.1, 0.15) is 33.2 Å². The molecule has 2 unspecified atom stereocenters. The van der Waals surface area contributed by atoms with E-state index in [0.29, 0.717) is 5.92 Å². The van der Waals surface area contributed by atoms with Gasteiger partial charge in [0.05, 0.1) is 11.8 Å². The first kappa shape index (κ1) is 18.7. The van der Waals surface area contributed by atoms with Gasteiger partial charge in [-0.05, 0) is 55.0 Å². The van der Waals surface area contributed by atoms with Gasteiger partial charge in [-0.3, -0.25) is 4.98 Å². The third kappa shape index (κ3) is 3.43. The lowest BCUT2D eigenvalue weighted by atomic mass is 9.74. The number of urea groups is 1. The fraction of sp³-hybridized carbons (Fsp3) is 0.400. The van der Waals surface area contributed by atoms with Crippen LogP contribution in [0.3, 0.4) is 0 Å². The molecule has 1 N–H and O–H groups in total. The highest BCUT2D eigenvalue weighted by Crippen LogP contribution is 2.42. The molecule has 2 atom stereocenters. The van der Waals surface area contributed by atoms with Crippen LogP contribution in [-0.4, -0.2) is 28.0 Å². The molecule has 2 aliphatic heterocycles. The molecule has 0 radical (unpaired) electrons. The van der Waals surface area contributed by atoms with Crippen LogP contribution < -0.4 is 5.32 Å². The Balaban J connectivity index is 0.00000240. The molecule has 2 saturated heterocycles. The van der Waals surface area contributed by atoms with Crippen molar-refractivity contribution in [2.45, 2.75) is 44.4 Å². The number of nitrogens with one attached hydrogen (secondary N) is 1. The zero-order chi connectivity index (χ0) is 20.1. The van der Waals surface area contributed by atoms with Crippen LogP contribution >= 0.6 is 0 Å². The number of benzene rings is 1. The summed E-state index contributed by atoms with van der Waals surface area (Å²) in [5.41, 5.74) is -0.907. The smallest absolute Gasteiger partial charge is 0.318 e. The van der Waals surface area contributed by atoms with Gasteiger partial charge in [-0.1, -0.05) is 6.92 Å². The van der Waals surface area contributed by atoms with Crippen molar-refractivity contribution >= 4 is 11.7 Å². The van der Waals surface area contributed by atoms with Gasteiger partial charge in [-0.15, -0.1) is 0 Å². The number of anilines is 1. The molecule has 8 heteroatoms. The first-order valence-electron chi connectivity index (χ1n) is 9.14. The molecule has 1 saturated carbocycles. The largest absolute Gasteiger partial charge is 0.417 e. The van der Waals surface area contributed by atoms with E-state index in [1.807, 2.05) is 0 Å². The summed E-state index contributed by atoms with van der Waals surface area (Å²) in [6, 6.07) is 4.39. The standard InChI is InChI=1S/C20H19F4N3O.H2/c1-11-4-15-8-16(5-11)27(15)19(28)26-14-2-3-18(20(22,23)24)17(7-14)12-6-13(21)10-25-9-12;/h2-3,6-7,9-11,15-16H,4-5,8H2,1H3,(H,26,28);1H. The lowest BCUT2D eigenvalue weighted by Crippen LogP contribution is -2.63. The Bertz CT molecular complexity index is 909. The number of halogens is 4. The van der Waals surface area contributed by atoms with Crippen molar-refractivity contribution in [3.8, 4) is 11.1 Å². The van der Waals surface area contributed by atoms with Gasteiger partial charge in [-0.25, -0.2) is 9.18 Å². The maximum Gasteiger partial charge on any atom is 0.417 e. The molecule has 3 aliphatic rings. The van der Waals surface area contributed by atoms with Crippen LogP contribution in [0.25, 0.3) is 11.1 Å². The monoisotopic (exact) mass is 395 g/mol. The molecule has 3 heterocycles. The lowest BCUT2D eigenvalue weighted by Gasteiger charge is -2.54. The number of rotatable bonds is 2. The van der Waals surface area contributed by atoms with Gasteiger partial charge in [0.25, 0.3) is 0 Å². The SMILES string of the molecule is CC1CC2CC(C1)N2C(=O)Nc1ccc(C(F)(F)F)c(-c2cncc(F)c2)c1.[HH]. The van der Waals surface area contributed by atoms with Gasteiger partial charge in [-0.2, -0.15) is 13.2 Å². The Labute approximate surface area is 161 Å². The molecule has 2 bridgehead atoms. The van der Waals surface area contributed by atoms with Gasteiger partial charge in [0.1, 0.15) is 5.82 Å². The third-order valence-electron chi connectivity index (χ3n) is 5.51. The second-order valence-electron chi connectivity index (χ2n) is 7.61. The number of carbonyl (C=O) groups is 1. The van der Waals surface area contributed by atoms with E-state index in [1.165, 1.54) is 18.3 Å². The minimum Gasteiger partial charge on any atom is -0.318 e. The number of fused-ring (bicyclic) bond motifs is 2. The topological polar surface area (TPSA) is 45.2 Å². The predicted octanol–water partition coefficient (Wildman–Crippen LogP) is 5.56. The zero-order valence-electron chi connectivity index (χ0n) is 15.1. The molecule has 4 nitrogen and oxygen atoms in total. The van der Waals surface area contributed by atoms with Crippen molar-refractivity contribution in [3.63, 3.8) is 0 Å². The van der Waals surface area contributed by atoms with E-state index in [1.54, 1.807) is 4.90 Å². The molecule has 3 fully saturated rings. The van der Waals surface area contributed by atoms with Crippen molar-refractivity contribution in [2.24, 2.45) is 5.92 Å². The van der Waals surface area contributed by atoms with E-state index in [4.69, 9.17) is 0 Å². The Kier molecular flexibility index (Phi) is 4.51. The molecule has 2 amide bonds. The van der Waals surface area contributed by atoms with Crippen molar-refractivity contribution in [3.05, 3.63) is 48.0 Å². The van der Waals surface area contributed by atoms with Crippen LogP contribution in [0.2, 0.25) is 0 Å². The summed E-state index contributed by atoms with van der Waals surface area (Å²) in [6.07, 6.45) is 0.334.